The Morgan fingerprint density at radius 1 is 0.278 bits per heavy atom. The number of hydrogen-bond acceptors (Lipinski definition) is 2. The molecule has 9 aromatic rings. The van der Waals surface area contributed by atoms with Gasteiger partial charge in [-0.2, -0.15) is 0 Å². The standard InChI is InChI=1S/C50H46Ge2N2/c1-51(2,3)35-23-27-39(28-24-35)53(37-15-9-7-10-16-37)47-33-31-43-42-20-14-22-46-48(34-32-44(50(42)46)41-19-13-21-45(47)49(41)43)54(38-17-11-8-12-18-38)40-29-25-36(26-30-40)52(4,5)6/h7-34H,1-6H3. The van der Waals surface area contributed by atoms with Crippen LogP contribution < -0.4 is 18.6 Å². The quantitative estimate of drug-likeness (QED) is 0.0856. The Kier molecular flexibility index (Phi) is 8.59. The fourth-order valence-electron chi connectivity index (χ4n) is 8.30. The summed E-state index contributed by atoms with van der Waals surface area (Å²) in [5.74, 6) is 14.8. The Bertz CT molecular complexity index is 2550. The third kappa shape index (κ3) is 5.97. The van der Waals surface area contributed by atoms with Crippen molar-refractivity contribution in [3.8, 4) is 0 Å². The summed E-state index contributed by atoms with van der Waals surface area (Å²) in [7, 11) is 0. The van der Waals surface area contributed by atoms with Gasteiger partial charge in [-0.25, -0.2) is 0 Å². The molecule has 2 nitrogen and oxygen atoms in total. The molecule has 264 valence electrons. The minimum absolute atomic E-state index is 1.16. The van der Waals surface area contributed by atoms with Gasteiger partial charge in [-0.15, -0.1) is 0 Å². The Labute approximate surface area is 324 Å². The van der Waals surface area contributed by atoms with E-state index in [9.17, 15) is 0 Å². The number of rotatable bonds is 8. The molecule has 0 saturated heterocycles. The second-order valence-corrected chi connectivity index (χ2v) is 38.0. The van der Waals surface area contributed by atoms with Crippen molar-refractivity contribution in [3.05, 3.63) is 170 Å². The van der Waals surface area contributed by atoms with Crippen molar-refractivity contribution < 1.29 is 0 Å². The van der Waals surface area contributed by atoms with E-state index in [0.29, 0.717) is 0 Å². The number of anilines is 6. The SMILES string of the molecule is [CH3][Ge]([CH3])([CH3])[c]1ccc(N(c2ccccc2)c2ccc3c4cccc5c(N(c6ccccc6)c6cc[c]([Ge]([CH3])([CH3])[CH3])cc6)ccc(c6cccc2c63)c54)cc1. The van der Waals surface area contributed by atoms with Crippen LogP contribution in [0.15, 0.2) is 170 Å². The molecular weight excluding hydrogens is 774 g/mol. The third-order valence-electron chi connectivity index (χ3n) is 11.1. The fourth-order valence-corrected chi connectivity index (χ4v) is 13.2. The number of fused-ring (bicyclic) bond motifs is 2. The first-order valence-electron chi connectivity index (χ1n) is 19.1. The Balaban J connectivity index is 1.27. The molecular formula is C50H46Ge2N2. The van der Waals surface area contributed by atoms with Gasteiger partial charge in [0.1, 0.15) is 0 Å². The molecule has 0 saturated carbocycles. The number of benzene rings is 9. The molecule has 0 unspecified atom stereocenters. The van der Waals surface area contributed by atoms with Crippen LogP contribution >= 0.6 is 0 Å². The summed E-state index contributed by atoms with van der Waals surface area (Å²) in [6.45, 7) is 0. The van der Waals surface area contributed by atoms with Crippen molar-refractivity contribution >= 4 is 113 Å². The van der Waals surface area contributed by atoms with Crippen molar-refractivity contribution in [1.82, 2.24) is 0 Å². The Morgan fingerprint density at radius 2 is 0.593 bits per heavy atom. The zero-order valence-corrected chi connectivity index (χ0v) is 36.3. The van der Waals surface area contributed by atoms with Crippen LogP contribution in [0.2, 0.25) is 34.5 Å². The third-order valence-corrected chi connectivity index (χ3v) is 19.8. The maximum absolute atomic E-state index is 2.46. The molecule has 9 aromatic carbocycles. The Hall–Kier alpha value is -5.03. The van der Waals surface area contributed by atoms with Crippen LogP contribution in [0.1, 0.15) is 0 Å². The van der Waals surface area contributed by atoms with Crippen molar-refractivity contribution in [1.29, 1.82) is 0 Å². The zero-order valence-electron chi connectivity index (χ0n) is 32.1. The number of hydrogen-bond donors (Lipinski definition) is 0. The van der Waals surface area contributed by atoms with Crippen LogP contribution in [0, 0.1) is 0 Å². The molecule has 0 heterocycles. The van der Waals surface area contributed by atoms with Crippen LogP contribution in [-0.2, 0) is 0 Å². The topological polar surface area (TPSA) is 6.48 Å². The molecule has 0 spiro atoms. The summed E-state index contributed by atoms with van der Waals surface area (Å²) in [5.41, 5.74) is 7.06. The second kappa shape index (κ2) is 13.4. The molecule has 0 aromatic heterocycles. The average molecular weight is 820 g/mol. The minimum atomic E-state index is -1.98. The van der Waals surface area contributed by atoms with E-state index in [2.05, 4.69) is 214 Å². The summed E-state index contributed by atoms with van der Waals surface area (Å²) in [6.07, 6.45) is 0. The van der Waals surface area contributed by atoms with Gasteiger partial charge in [0.2, 0.25) is 0 Å². The number of para-hydroxylation sites is 2. The van der Waals surface area contributed by atoms with Crippen molar-refractivity contribution in [2.45, 2.75) is 34.5 Å². The van der Waals surface area contributed by atoms with Crippen molar-refractivity contribution in [2.75, 3.05) is 9.80 Å². The molecule has 0 aliphatic rings. The van der Waals surface area contributed by atoms with Gasteiger partial charge in [0, 0.05) is 0 Å². The molecule has 0 N–H and O–H groups in total. The van der Waals surface area contributed by atoms with Gasteiger partial charge in [-0.05, 0) is 0 Å². The van der Waals surface area contributed by atoms with Gasteiger partial charge in [0.05, 0.1) is 0 Å². The van der Waals surface area contributed by atoms with Crippen molar-refractivity contribution in [2.24, 2.45) is 0 Å². The molecule has 0 bridgehead atoms. The fraction of sp³-hybridized carbons (Fsp3) is 0.120. The van der Waals surface area contributed by atoms with Gasteiger partial charge in [0.15, 0.2) is 0 Å². The molecule has 0 aliphatic heterocycles. The summed E-state index contributed by atoms with van der Waals surface area (Å²) in [6, 6.07) is 63.6. The maximum atomic E-state index is 2.46. The van der Waals surface area contributed by atoms with E-state index in [1.165, 1.54) is 74.6 Å². The van der Waals surface area contributed by atoms with Crippen LogP contribution in [0.5, 0.6) is 0 Å². The van der Waals surface area contributed by atoms with Gasteiger partial charge in [-0.1, -0.05) is 0 Å². The first-order valence-corrected chi connectivity index (χ1v) is 33.8. The zero-order chi connectivity index (χ0) is 37.2. The van der Waals surface area contributed by atoms with Gasteiger partial charge >= 0.3 is 327 Å². The molecule has 0 amide bonds. The predicted molar refractivity (Wildman–Crippen MR) is 243 cm³/mol. The van der Waals surface area contributed by atoms with Gasteiger partial charge in [0.25, 0.3) is 0 Å². The average Bonchev–Trinajstić information content (AvgIpc) is 3.18. The first kappa shape index (κ1) is 34.7. The molecule has 0 atom stereocenters. The number of nitrogens with zero attached hydrogens (tertiary/aromatic N) is 2. The predicted octanol–water partition coefficient (Wildman–Crippen LogP) is 13.8. The van der Waals surface area contributed by atoms with E-state index in [1.54, 1.807) is 0 Å². The van der Waals surface area contributed by atoms with E-state index in [-0.39, 0.29) is 0 Å². The summed E-state index contributed by atoms with van der Waals surface area (Å²) in [5, 5.41) is 10.3. The van der Waals surface area contributed by atoms with Crippen LogP contribution in [0.4, 0.5) is 34.1 Å². The molecule has 9 rings (SSSR count). The summed E-state index contributed by atoms with van der Waals surface area (Å²) < 4.78 is 3.03. The summed E-state index contributed by atoms with van der Waals surface area (Å²) >= 11 is -3.95. The van der Waals surface area contributed by atoms with E-state index >= 15 is 0 Å². The van der Waals surface area contributed by atoms with Gasteiger partial charge < -0.3 is 0 Å². The van der Waals surface area contributed by atoms with Crippen LogP contribution in [-0.4, -0.2) is 26.5 Å². The molecule has 54 heavy (non-hydrogen) atoms. The molecule has 0 aliphatic carbocycles. The van der Waals surface area contributed by atoms with Crippen LogP contribution in [0.25, 0.3) is 43.1 Å². The van der Waals surface area contributed by atoms with E-state index in [4.69, 9.17) is 0 Å². The van der Waals surface area contributed by atoms with E-state index in [0.717, 1.165) is 11.4 Å². The first-order chi connectivity index (χ1) is 26.1. The Morgan fingerprint density at radius 3 is 0.944 bits per heavy atom. The molecule has 0 radical (unpaired) electrons. The van der Waals surface area contributed by atoms with Crippen molar-refractivity contribution in [3.63, 3.8) is 0 Å². The monoisotopic (exact) mass is 822 g/mol. The normalized spacial score (nSPS) is 12.3. The molecule has 4 heteroatoms. The summed E-state index contributed by atoms with van der Waals surface area (Å²) in [4.78, 5) is 4.88. The van der Waals surface area contributed by atoms with E-state index in [1.807, 2.05) is 0 Å². The molecule has 0 fully saturated rings. The van der Waals surface area contributed by atoms with E-state index < -0.39 is 26.5 Å². The van der Waals surface area contributed by atoms with Gasteiger partial charge in [-0.3, -0.25) is 0 Å². The van der Waals surface area contributed by atoms with Crippen LogP contribution in [0.3, 0.4) is 0 Å². The second-order valence-electron chi connectivity index (χ2n) is 16.7.